The quantitative estimate of drug-likeness (QED) is 0.412. The van der Waals surface area contributed by atoms with Crippen LogP contribution in [-0.4, -0.2) is 52.6 Å². The van der Waals surface area contributed by atoms with E-state index in [0.29, 0.717) is 36.6 Å². The average Bonchev–Trinajstić information content (AvgIpc) is 3.30. The van der Waals surface area contributed by atoms with Crippen LogP contribution in [0.4, 0.5) is 0 Å². The van der Waals surface area contributed by atoms with E-state index in [9.17, 15) is 9.59 Å². The number of methoxy groups -OCH3 is 1. The summed E-state index contributed by atoms with van der Waals surface area (Å²) in [5.74, 6) is 0.915. The molecule has 2 aliphatic rings. The number of benzene rings is 3. The largest absolute Gasteiger partial charge is 0.496 e. The molecule has 1 N–H and O–H groups in total. The van der Waals surface area contributed by atoms with Crippen LogP contribution in [0.25, 0.3) is 10.9 Å². The Bertz CT molecular complexity index is 1510. The molecule has 2 aliphatic heterocycles. The second-order valence-corrected chi connectivity index (χ2v) is 9.19. The fourth-order valence-electron chi connectivity index (χ4n) is 5.02. The van der Waals surface area contributed by atoms with E-state index in [2.05, 4.69) is 10.1 Å². The zero-order chi connectivity index (χ0) is 25.4. The maximum absolute atomic E-state index is 13.4. The minimum atomic E-state index is -0.569. The molecule has 0 spiro atoms. The van der Waals surface area contributed by atoms with Gasteiger partial charge in [-0.15, -0.1) is 0 Å². The predicted molar refractivity (Wildman–Crippen MR) is 139 cm³/mol. The Morgan fingerprint density at radius 2 is 1.84 bits per heavy atom. The van der Waals surface area contributed by atoms with Crippen LogP contribution in [0.5, 0.6) is 11.5 Å². The molecule has 1 fully saturated rings. The molecular weight excluding hydrogens is 468 g/mol. The molecule has 37 heavy (non-hydrogen) atoms. The molecule has 1 atom stereocenters. The summed E-state index contributed by atoms with van der Waals surface area (Å²) in [6.07, 6.45) is 2.02. The van der Waals surface area contributed by atoms with Crippen LogP contribution in [0.15, 0.2) is 77.9 Å². The van der Waals surface area contributed by atoms with Gasteiger partial charge in [-0.25, -0.2) is 5.01 Å². The summed E-state index contributed by atoms with van der Waals surface area (Å²) < 4.78 is 11.4. The third-order valence-corrected chi connectivity index (χ3v) is 6.94. The highest BCUT2D eigenvalue weighted by Crippen LogP contribution is 2.32. The number of piperazine rings is 1. The summed E-state index contributed by atoms with van der Waals surface area (Å²) in [5, 5.41) is 6.76. The molecule has 0 unspecified atom stereocenters. The van der Waals surface area contributed by atoms with Crippen molar-refractivity contribution < 1.29 is 19.1 Å². The molecule has 8 heteroatoms. The Kier molecular flexibility index (Phi) is 5.84. The van der Waals surface area contributed by atoms with Gasteiger partial charge in [0.2, 0.25) is 5.91 Å². The smallest absolute Gasteiger partial charge is 0.266 e. The lowest BCUT2D eigenvalue weighted by atomic mass is 9.94. The predicted octanol–water partition coefficient (Wildman–Crippen LogP) is 3.89. The fourth-order valence-corrected chi connectivity index (χ4v) is 5.02. The number of hydrazone groups is 1. The highest BCUT2D eigenvalue weighted by Gasteiger charge is 2.43. The van der Waals surface area contributed by atoms with Gasteiger partial charge < -0.3 is 19.4 Å². The van der Waals surface area contributed by atoms with Gasteiger partial charge in [-0.05, 0) is 29.3 Å². The zero-order valence-electron chi connectivity index (χ0n) is 20.4. The molecule has 2 amide bonds. The number of aromatic nitrogens is 1. The highest BCUT2D eigenvalue weighted by atomic mass is 16.5. The highest BCUT2D eigenvalue weighted by molar-refractivity contribution is 5.97. The van der Waals surface area contributed by atoms with Crippen molar-refractivity contribution in [1.82, 2.24) is 14.9 Å². The van der Waals surface area contributed by atoms with Gasteiger partial charge in [-0.2, -0.15) is 5.10 Å². The first kappa shape index (κ1) is 22.8. The number of para-hydroxylation sites is 1. The third-order valence-electron chi connectivity index (χ3n) is 6.94. The Morgan fingerprint density at radius 1 is 1.03 bits per heavy atom. The van der Waals surface area contributed by atoms with Crippen molar-refractivity contribution in [2.24, 2.45) is 5.10 Å². The van der Waals surface area contributed by atoms with Gasteiger partial charge >= 0.3 is 0 Å². The number of nitrogens with one attached hydrogen (secondary N) is 1. The van der Waals surface area contributed by atoms with Crippen LogP contribution >= 0.6 is 0 Å². The molecule has 4 aromatic rings. The number of nitrogens with zero attached hydrogens (tertiary/aromatic N) is 3. The zero-order valence-corrected chi connectivity index (χ0v) is 20.4. The standard InChI is InChI=1S/C29H26N4O4/c1-36-27-13-21(37-18-19-7-3-2-4-8-19)12-11-20(27)15-30-33-17-28(34)32-16-25-23(14-26(32)29(33)35)22-9-5-6-10-24(22)31-25/h2-13,15,26,31H,14,16-18H2,1H3/t26-/m0/s1. The first-order valence-electron chi connectivity index (χ1n) is 12.2. The van der Waals surface area contributed by atoms with Crippen molar-refractivity contribution in [3.05, 3.63) is 95.2 Å². The van der Waals surface area contributed by atoms with Gasteiger partial charge in [0.1, 0.15) is 30.7 Å². The topological polar surface area (TPSA) is 87.2 Å². The van der Waals surface area contributed by atoms with Crippen molar-refractivity contribution in [3.8, 4) is 11.5 Å². The number of rotatable bonds is 6. The lowest BCUT2D eigenvalue weighted by Crippen LogP contribution is -2.60. The summed E-state index contributed by atoms with van der Waals surface area (Å²) in [7, 11) is 1.57. The van der Waals surface area contributed by atoms with Gasteiger partial charge in [0.05, 0.1) is 19.9 Å². The molecule has 1 aromatic heterocycles. The molecule has 6 rings (SSSR count). The molecule has 186 valence electrons. The Balaban J connectivity index is 1.19. The van der Waals surface area contributed by atoms with E-state index in [-0.39, 0.29) is 18.4 Å². The average molecular weight is 495 g/mol. The second kappa shape index (κ2) is 9.46. The number of amides is 2. The summed E-state index contributed by atoms with van der Waals surface area (Å²) in [4.78, 5) is 31.4. The maximum Gasteiger partial charge on any atom is 0.266 e. The van der Waals surface area contributed by atoms with Crippen LogP contribution in [0, 0.1) is 0 Å². The maximum atomic E-state index is 13.4. The van der Waals surface area contributed by atoms with Crippen molar-refractivity contribution in [3.63, 3.8) is 0 Å². The van der Waals surface area contributed by atoms with Crippen molar-refractivity contribution >= 4 is 28.9 Å². The van der Waals surface area contributed by atoms with Gasteiger partial charge in [-0.3, -0.25) is 9.59 Å². The van der Waals surface area contributed by atoms with Crippen molar-refractivity contribution in [1.29, 1.82) is 0 Å². The Morgan fingerprint density at radius 3 is 2.68 bits per heavy atom. The minimum Gasteiger partial charge on any atom is -0.496 e. The number of carbonyl (C=O) groups is 2. The summed E-state index contributed by atoms with van der Waals surface area (Å²) in [6.45, 7) is 0.745. The molecule has 0 bridgehead atoms. The van der Waals surface area contributed by atoms with Crippen LogP contribution in [0.3, 0.4) is 0 Å². The monoisotopic (exact) mass is 494 g/mol. The van der Waals surface area contributed by atoms with Gasteiger partial charge in [0, 0.05) is 34.6 Å². The number of ether oxygens (including phenoxy) is 2. The molecule has 0 saturated carbocycles. The summed E-state index contributed by atoms with van der Waals surface area (Å²) >= 11 is 0. The molecule has 3 aromatic carbocycles. The van der Waals surface area contributed by atoms with Crippen molar-refractivity contribution in [2.75, 3.05) is 13.7 Å². The van der Waals surface area contributed by atoms with Crippen LogP contribution in [0.1, 0.15) is 22.4 Å². The molecule has 0 aliphatic carbocycles. The SMILES string of the molecule is COc1cc(OCc2ccccc2)ccc1C=NN1CC(=O)N2Cc3[nH]c4ccccc4c3C[C@H]2C1=O. The van der Waals surface area contributed by atoms with E-state index in [1.165, 1.54) is 5.01 Å². The lowest BCUT2D eigenvalue weighted by Gasteiger charge is -2.40. The number of aromatic amines is 1. The summed E-state index contributed by atoms with van der Waals surface area (Å²) in [6, 6.07) is 22.8. The molecule has 1 saturated heterocycles. The van der Waals surface area contributed by atoms with Crippen LogP contribution in [0.2, 0.25) is 0 Å². The van der Waals surface area contributed by atoms with E-state index < -0.39 is 6.04 Å². The molecular formula is C29H26N4O4. The van der Waals surface area contributed by atoms with Gasteiger partial charge in [0.25, 0.3) is 5.91 Å². The molecule has 3 heterocycles. The number of fused-ring (bicyclic) bond motifs is 4. The van der Waals surface area contributed by atoms with Gasteiger partial charge in [-0.1, -0.05) is 48.5 Å². The Labute approximate surface area is 214 Å². The fraction of sp³-hybridized carbons (Fsp3) is 0.207. The van der Waals surface area contributed by atoms with E-state index in [1.807, 2.05) is 66.7 Å². The normalized spacial score (nSPS) is 17.3. The van der Waals surface area contributed by atoms with Gasteiger partial charge in [0.15, 0.2) is 0 Å². The second-order valence-electron chi connectivity index (χ2n) is 9.19. The first-order chi connectivity index (χ1) is 18.1. The summed E-state index contributed by atoms with van der Waals surface area (Å²) in [5.41, 5.74) is 4.86. The molecule has 0 radical (unpaired) electrons. The number of hydrogen-bond donors (Lipinski definition) is 1. The lowest BCUT2D eigenvalue weighted by molar-refractivity contribution is -0.157. The third kappa shape index (κ3) is 4.31. The number of H-pyrrole nitrogens is 1. The van der Waals surface area contributed by atoms with E-state index >= 15 is 0 Å². The molecule has 8 nitrogen and oxygen atoms in total. The first-order valence-corrected chi connectivity index (χ1v) is 12.2. The minimum absolute atomic E-state index is 0.0953. The Hall–Kier alpha value is -4.59. The van der Waals surface area contributed by atoms with E-state index in [4.69, 9.17) is 9.47 Å². The van der Waals surface area contributed by atoms with Crippen LogP contribution < -0.4 is 9.47 Å². The van der Waals surface area contributed by atoms with Crippen LogP contribution in [-0.2, 0) is 29.2 Å². The number of hydrogen-bond acceptors (Lipinski definition) is 5. The van der Waals surface area contributed by atoms with Crippen molar-refractivity contribution in [2.45, 2.75) is 25.6 Å². The van der Waals surface area contributed by atoms with E-state index in [1.54, 1.807) is 24.3 Å². The number of carbonyl (C=O) groups excluding carboxylic acids is 2. The van der Waals surface area contributed by atoms with E-state index in [0.717, 1.165) is 27.7 Å².